The van der Waals surface area contributed by atoms with Gasteiger partial charge in [-0.25, -0.2) is 4.98 Å². The number of piperidine rings is 1. The summed E-state index contributed by atoms with van der Waals surface area (Å²) in [6, 6.07) is 0. The average Bonchev–Trinajstić information content (AvgIpc) is 3.18. The van der Waals surface area contributed by atoms with Crippen LogP contribution in [0, 0.1) is 5.92 Å². The Morgan fingerprint density at radius 3 is 2.92 bits per heavy atom. The maximum Gasteiger partial charge on any atom is 0.251 e. The highest BCUT2D eigenvalue weighted by Crippen LogP contribution is 2.31. The van der Waals surface area contributed by atoms with Crippen molar-refractivity contribution in [2.24, 2.45) is 5.92 Å². The maximum absolute atomic E-state index is 12.6. The van der Waals surface area contributed by atoms with Crippen molar-refractivity contribution in [3.05, 3.63) is 16.1 Å². The highest BCUT2D eigenvalue weighted by Gasteiger charge is 2.33. The number of rotatable bonds is 6. The maximum atomic E-state index is 12.6. The van der Waals surface area contributed by atoms with Crippen LogP contribution in [0.2, 0.25) is 0 Å². The predicted molar refractivity (Wildman–Crippen MR) is 99.1 cm³/mol. The molecule has 1 saturated carbocycles. The van der Waals surface area contributed by atoms with E-state index in [2.05, 4.69) is 10.7 Å². The van der Waals surface area contributed by atoms with Crippen LogP contribution in [-0.4, -0.2) is 54.0 Å². The van der Waals surface area contributed by atoms with Gasteiger partial charge in [-0.15, -0.1) is 11.3 Å². The van der Waals surface area contributed by atoms with Gasteiger partial charge in [-0.3, -0.25) is 9.59 Å². The van der Waals surface area contributed by atoms with Crippen LogP contribution in [0.3, 0.4) is 0 Å². The molecule has 1 N–H and O–H groups in total. The number of carbonyl (C=O) groups is 2. The number of aromatic nitrogens is 1. The van der Waals surface area contributed by atoms with Gasteiger partial charge in [0.1, 0.15) is 6.10 Å². The normalized spacial score (nSPS) is 26.1. The summed E-state index contributed by atoms with van der Waals surface area (Å²) in [5, 5.41) is 6.21. The Bertz CT molecular complexity index is 652. The van der Waals surface area contributed by atoms with Crippen molar-refractivity contribution in [3.63, 3.8) is 0 Å². The van der Waals surface area contributed by atoms with Gasteiger partial charge in [0.2, 0.25) is 5.91 Å². The lowest BCUT2D eigenvalue weighted by atomic mass is 9.98. The van der Waals surface area contributed by atoms with E-state index in [0.29, 0.717) is 19.1 Å². The molecule has 1 aliphatic carbocycles. The summed E-state index contributed by atoms with van der Waals surface area (Å²) in [5.74, 6) is 0.937. The molecule has 0 unspecified atom stereocenters. The third kappa shape index (κ3) is 4.26. The van der Waals surface area contributed by atoms with E-state index >= 15 is 0 Å². The van der Waals surface area contributed by atoms with Crippen molar-refractivity contribution in [1.29, 1.82) is 0 Å². The molecule has 2 amide bonds. The van der Waals surface area contributed by atoms with Gasteiger partial charge in [0.25, 0.3) is 5.91 Å². The van der Waals surface area contributed by atoms with Crippen molar-refractivity contribution < 1.29 is 14.3 Å². The fourth-order valence-corrected chi connectivity index (χ4v) is 4.77. The molecular formula is C19H27N3O3S. The van der Waals surface area contributed by atoms with Crippen LogP contribution in [0.5, 0.6) is 0 Å². The Morgan fingerprint density at radius 1 is 1.27 bits per heavy atom. The van der Waals surface area contributed by atoms with Gasteiger partial charge in [-0.05, 0) is 38.5 Å². The number of thiazole rings is 1. The highest BCUT2D eigenvalue weighted by atomic mass is 32.1. The molecule has 26 heavy (non-hydrogen) atoms. The number of hydrogen-bond donors (Lipinski definition) is 1. The Balaban J connectivity index is 1.28. The first-order chi connectivity index (χ1) is 12.7. The van der Waals surface area contributed by atoms with Gasteiger partial charge in [-0.1, -0.05) is 0 Å². The van der Waals surface area contributed by atoms with Crippen LogP contribution in [0.1, 0.15) is 55.1 Å². The second-order valence-corrected chi connectivity index (χ2v) is 8.51. The Kier molecular flexibility index (Phi) is 5.55. The van der Waals surface area contributed by atoms with Crippen LogP contribution in [0.15, 0.2) is 5.38 Å². The lowest BCUT2D eigenvalue weighted by molar-refractivity contribution is -0.142. The molecule has 4 rings (SSSR count). The molecule has 6 nitrogen and oxygen atoms in total. The molecule has 2 saturated heterocycles. The zero-order valence-electron chi connectivity index (χ0n) is 15.1. The summed E-state index contributed by atoms with van der Waals surface area (Å²) in [7, 11) is 0. The van der Waals surface area contributed by atoms with E-state index in [-0.39, 0.29) is 23.8 Å². The third-order valence-corrected chi connectivity index (χ3v) is 6.54. The van der Waals surface area contributed by atoms with Gasteiger partial charge in [0, 0.05) is 49.9 Å². The zero-order valence-corrected chi connectivity index (χ0v) is 15.9. The van der Waals surface area contributed by atoms with Crippen molar-refractivity contribution >= 4 is 23.2 Å². The molecular weight excluding hydrogens is 350 g/mol. The van der Waals surface area contributed by atoms with Crippen LogP contribution >= 0.6 is 11.3 Å². The van der Waals surface area contributed by atoms with Crippen molar-refractivity contribution in [2.45, 2.75) is 57.0 Å². The summed E-state index contributed by atoms with van der Waals surface area (Å²) in [5.41, 5.74) is 1.05. The summed E-state index contributed by atoms with van der Waals surface area (Å²) < 4.78 is 5.56. The Labute approximate surface area is 158 Å². The number of likely N-dealkylation sites (tertiary alicyclic amines) is 1. The van der Waals surface area contributed by atoms with Gasteiger partial charge in [-0.2, -0.15) is 0 Å². The molecule has 2 aliphatic heterocycles. The van der Waals surface area contributed by atoms with E-state index in [0.717, 1.165) is 68.7 Å². The minimum absolute atomic E-state index is 0.159. The molecule has 0 bridgehead atoms. The minimum Gasteiger partial charge on any atom is -0.368 e. The number of ether oxygens (including phenoxy) is 1. The van der Waals surface area contributed by atoms with E-state index in [9.17, 15) is 9.59 Å². The van der Waals surface area contributed by atoms with Gasteiger partial charge < -0.3 is 15.0 Å². The summed E-state index contributed by atoms with van der Waals surface area (Å²) in [6.45, 7) is 2.96. The SMILES string of the molecule is O=C(NCCc1csc([C@H]2CCCN(C(=O)[C@H]3CCCO3)C2)n1)C1CC1. The van der Waals surface area contributed by atoms with Crippen LogP contribution in [0.4, 0.5) is 0 Å². The minimum atomic E-state index is -0.226. The molecule has 0 aromatic carbocycles. The number of nitrogens with zero attached hydrogens (tertiary/aromatic N) is 2. The predicted octanol–water partition coefficient (Wildman–Crippen LogP) is 2.10. The molecule has 1 aromatic heterocycles. The molecule has 1 aromatic rings. The standard InChI is InChI=1S/C19H27N3O3S/c23-17(13-5-6-13)20-8-7-15-12-26-18(21-15)14-3-1-9-22(11-14)19(24)16-4-2-10-25-16/h12-14,16H,1-11H2,(H,20,23)/t14-,16+/m0/s1. The highest BCUT2D eigenvalue weighted by molar-refractivity contribution is 7.09. The smallest absolute Gasteiger partial charge is 0.251 e. The molecule has 0 radical (unpaired) electrons. The van der Waals surface area contributed by atoms with Crippen LogP contribution < -0.4 is 5.32 Å². The molecule has 3 aliphatic rings. The molecule has 3 fully saturated rings. The lowest BCUT2D eigenvalue weighted by Gasteiger charge is -2.33. The van der Waals surface area contributed by atoms with Gasteiger partial charge >= 0.3 is 0 Å². The number of nitrogens with one attached hydrogen (secondary N) is 1. The summed E-state index contributed by atoms with van der Waals surface area (Å²) >= 11 is 1.69. The first kappa shape index (κ1) is 17.9. The quantitative estimate of drug-likeness (QED) is 0.824. The molecule has 3 heterocycles. The van der Waals surface area contributed by atoms with Crippen molar-refractivity contribution in [3.8, 4) is 0 Å². The Morgan fingerprint density at radius 2 is 2.15 bits per heavy atom. The molecule has 142 valence electrons. The fourth-order valence-electron chi connectivity index (χ4n) is 3.78. The molecule has 0 spiro atoms. The van der Waals surface area contributed by atoms with Gasteiger partial charge in [0.15, 0.2) is 0 Å². The number of amides is 2. The van der Waals surface area contributed by atoms with E-state index in [4.69, 9.17) is 9.72 Å². The monoisotopic (exact) mass is 377 g/mol. The van der Waals surface area contributed by atoms with E-state index in [1.165, 1.54) is 0 Å². The lowest BCUT2D eigenvalue weighted by Crippen LogP contribution is -2.44. The molecule has 2 atom stereocenters. The fraction of sp³-hybridized carbons (Fsp3) is 0.737. The van der Waals surface area contributed by atoms with Gasteiger partial charge in [0.05, 0.1) is 10.7 Å². The zero-order chi connectivity index (χ0) is 17.9. The van der Waals surface area contributed by atoms with E-state index < -0.39 is 0 Å². The Hall–Kier alpha value is -1.47. The van der Waals surface area contributed by atoms with Crippen LogP contribution in [0.25, 0.3) is 0 Å². The van der Waals surface area contributed by atoms with E-state index in [1.54, 1.807) is 11.3 Å². The van der Waals surface area contributed by atoms with Crippen LogP contribution in [-0.2, 0) is 20.7 Å². The topological polar surface area (TPSA) is 71.5 Å². The second-order valence-electron chi connectivity index (χ2n) is 7.62. The molecule has 7 heteroatoms. The number of carbonyl (C=O) groups excluding carboxylic acids is 2. The summed E-state index contributed by atoms with van der Waals surface area (Å²) in [6.07, 6.45) is 6.58. The van der Waals surface area contributed by atoms with E-state index in [1.807, 2.05) is 4.90 Å². The first-order valence-electron chi connectivity index (χ1n) is 9.83. The second kappa shape index (κ2) is 8.05. The number of hydrogen-bond acceptors (Lipinski definition) is 5. The summed E-state index contributed by atoms with van der Waals surface area (Å²) in [4.78, 5) is 31.0. The average molecular weight is 378 g/mol. The van der Waals surface area contributed by atoms with Crippen molar-refractivity contribution in [1.82, 2.24) is 15.2 Å². The largest absolute Gasteiger partial charge is 0.368 e. The third-order valence-electron chi connectivity index (χ3n) is 5.49. The van der Waals surface area contributed by atoms with Crippen molar-refractivity contribution in [2.75, 3.05) is 26.2 Å². The first-order valence-corrected chi connectivity index (χ1v) is 10.7.